The van der Waals surface area contributed by atoms with E-state index in [1.165, 1.54) is 5.56 Å². The molecule has 0 spiro atoms. The molecule has 0 aliphatic rings. The van der Waals surface area contributed by atoms with Crippen LogP contribution in [0.2, 0.25) is 0 Å². The van der Waals surface area contributed by atoms with Crippen LogP contribution in [-0.2, 0) is 6.42 Å². The molecular formula is C21H28N6O. The number of benzene rings is 1. The molecule has 3 rings (SSSR count). The molecule has 148 valence electrons. The molecule has 3 aromatic rings. The van der Waals surface area contributed by atoms with Gasteiger partial charge >= 0.3 is 0 Å². The standard InChI is InChI=1S/C21H28N6O/c1-16(17-7-9-18(28-3)10-8-17)11-13-23-21(22-2)24-14-12-20-26-25-19-6-4-5-15-27(19)20/h4-10,15-16H,11-14H2,1-3H3,(H2,22,23,24). The maximum Gasteiger partial charge on any atom is 0.190 e. The molecule has 2 N–H and O–H groups in total. The number of hydrogen-bond acceptors (Lipinski definition) is 4. The van der Waals surface area contributed by atoms with E-state index in [0.717, 1.165) is 49.1 Å². The monoisotopic (exact) mass is 380 g/mol. The van der Waals surface area contributed by atoms with Gasteiger partial charge in [-0.1, -0.05) is 25.1 Å². The average Bonchev–Trinajstić information content (AvgIpc) is 3.15. The SMILES string of the molecule is CN=C(NCCc1nnc2ccccn12)NCCC(C)c1ccc(OC)cc1. The van der Waals surface area contributed by atoms with Gasteiger partial charge in [-0.25, -0.2) is 0 Å². The van der Waals surface area contributed by atoms with Crippen LogP contribution in [0.4, 0.5) is 0 Å². The smallest absolute Gasteiger partial charge is 0.190 e. The van der Waals surface area contributed by atoms with Crippen molar-refractivity contribution in [3.05, 3.63) is 60.0 Å². The van der Waals surface area contributed by atoms with Gasteiger partial charge in [-0.05, 0) is 42.2 Å². The van der Waals surface area contributed by atoms with E-state index in [2.05, 4.69) is 44.9 Å². The van der Waals surface area contributed by atoms with Crippen LogP contribution in [0.5, 0.6) is 5.75 Å². The lowest BCUT2D eigenvalue weighted by molar-refractivity contribution is 0.414. The van der Waals surface area contributed by atoms with E-state index in [1.807, 2.05) is 40.9 Å². The number of nitrogens with one attached hydrogen (secondary N) is 2. The maximum atomic E-state index is 5.22. The van der Waals surface area contributed by atoms with Crippen molar-refractivity contribution in [1.82, 2.24) is 25.2 Å². The lowest BCUT2D eigenvalue weighted by Crippen LogP contribution is -2.39. The molecule has 28 heavy (non-hydrogen) atoms. The number of aromatic nitrogens is 3. The van der Waals surface area contributed by atoms with E-state index in [1.54, 1.807) is 14.2 Å². The fourth-order valence-electron chi connectivity index (χ4n) is 3.08. The van der Waals surface area contributed by atoms with Crippen LogP contribution in [-0.4, -0.2) is 47.8 Å². The van der Waals surface area contributed by atoms with E-state index in [-0.39, 0.29) is 0 Å². The summed E-state index contributed by atoms with van der Waals surface area (Å²) in [7, 11) is 3.47. The largest absolute Gasteiger partial charge is 0.497 e. The van der Waals surface area contributed by atoms with Crippen molar-refractivity contribution in [3.8, 4) is 5.75 Å². The quantitative estimate of drug-likeness (QED) is 0.464. The minimum Gasteiger partial charge on any atom is -0.497 e. The molecule has 0 aliphatic carbocycles. The zero-order valence-corrected chi connectivity index (χ0v) is 16.7. The second kappa shape index (κ2) is 9.73. The van der Waals surface area contributed by atoms with Crippen LogP contribution in [0, 0.1) is 0 Å². The number of methoxy groups -OCH3 is 1. The van der Waals surface area contributed by atoms with Gasteiger partial charge < -0.3 is 15.4 Å². The zero-order chi connectivity index (χ0) is 19.8. The minimum absolute atomic E-state index is 0.457. The summed E-state index contributed by atoms with van der Waals surface area (Å²) in [5, 5.41) is 15.2. The molecule has 0 amide bonds. The zero-order valence-electron chi connectivity index (χ0n) is 16.7. The highest BCUT2D eigenvalue weighted by atomic mass is 16.5. The predicted octanol–water partition coefficient (Wildman–Crippen LogP) is 2.64. The Labute approximate surface area is 165 Å². The van der Waals surface area contributed by atoms with Gasteiger partial charge in [-0.2, -0.15) is 0 Å². The molecule has 0 saturated heterocycles. The number of pyridine rings is 1. The van der Waals surface area contributed by atoms with Crippen LogP contribution >= 0.6 is 0 Å². The molecule has 0 fully saturated rings. The van der Waals surface area contributed by atoms with E-state index in [0.29, 0.717) is 5.92 Å². The molecule has 2 aromatic heterocycles. The van der Waals surface area contributed by atoms with Gasteiger partial charge in [-0.15, -0.1) is 10.2 Å². The molecule has 7 nitrogen and oxygen atoms in total. The normalized spacial score (nSPS) is 12.8. The first-order valence-corrected chi connectivity index (χ1v) is 9.58. The minimum atomic E-state index is 0.457. The molecule has 0 aliphatic heterocycles. The average molecular weight is 380 g/mol. The third kappa shape index (κ3) is 5.00. The highest BCUT2D eigenvalue weighted by Gasteiger charge is 2.07. The Morgan fingerprint density at radius 3 is 2.64 bits per heavy atom. The van der Waals surface area contributed by atoms with Gasteiger partial charge in [0.1, 0.15) is 11.6 Å². The Kier molecular flexibility index (Phi) is 6.84. The first-order valence-electron chi connectivity index (χ1n) is 9.58. The van der Waals surface area contributed by atoms with Crippen molar-refractivity contribution < 1.29 is 4.74 Å². The predicted molar refractivity (Wildman–Crippen MR) is 112 cm³/mol. The number of nitrogens with zero attached hydrogens (tertiary/aromatic N) is 4. The van der Waals surface area contributed by atoms with Crippen LogP contribution in [0.25, 0.3) is 5.65 Å². The number of fused-ring (bicyclic) bond motifs is 1. The summed E-state index contributed by atoms with van der Waals surface area (Å²) < 4.78 is 7.23. The molecule has 7 heteroatoms. The Morgan fingerprint density at radius 2 is 1.89 bits per heavy atom. The molecule has 0 saturated carbocycles. The Balaban J connectivity index is 1.41. The fourth-order valence-corrected chi connectivity index (χ4v) is 3.08. The third-order valence-corrected chi connectivity index (χ3v) is 4.80. The van der Waals surface area contributed by atoms with Gasteiger partial charge in [0.05, 0.1) is 7.11 Å². The summed E-state index contributed by atoms with van der Waals surface area (Å²) in [4.78, 5) is 4.30. The van der Waals surface area contributed by atoms with Gasteiger partial charge in [-0.3, -0.25) is 9.39 Å². The second-order valence-electron chi connectivity index (χ2n) is 6.68. The van der Waals surface area contributed by atoms with Crippen molar-refractivity contribution in [2.75, 3.05) is 27.2 Å². The summed E-state index contributed by atoms with van der Waals surface area (Å²) in [5.74, 6) is 3.08. The van der Waals surface area contributed by atoms with Crippen molar-refractivity contribution in [3.63, 3.8) is 0 Å². The molecule has 1 unspecified atom stereocenters. The summed E-state index contributed by atoms with van der Waals surface area (Å²) in [6.45, 7) is 3.82. The summed E-state index contributed by atoms with van der Waals surface area (Å²) in [5.41, 5.74) is 2.18. The Morgan fingerprint density at radius 1 is 1.11 bits per heavy atom. The molecule has 1 atom stereocenters. The number of rotatable bonds is 8. The van der Waals surface area contributed by atoms with E-state index >= 15 is 0 Å². The highest BCUT2D eigenvalue weighted by Crippen LogP contribution is 2.21. The van der Waals surface area contributed by atoms with E-state index in [4.69, 9.17) is 4.74 Å². The summed E-state index contributed by atoms with van der Waals surface area (Å²) in [6.07, 6.45) is 3.77. The highest BCUT2D eigenvalue weighted by molar-refractivity contribution is 5.79. The number of guanidine groups is 1. The first kappa shape index (κ1) is 19.7. The van der Waals surface area contributed by atoms with Crippen LogP contribution in [0.15, 0.2) is 53.7 Å². The van der Waals surface area contributed by atoms with Gasteiger partial charge in [0.2, 0.25) is 0 Å². The molecule has 0 bridgehead atoms. The molecular weight excluding hydrogens is 352 g/mol. The van der Waals surface area contributed by atoms with Crippen molar-refractivity contribution in [2.45, 2.75) is 25.7 Å². The third-order valence-electron chi connectivity index (χ3n) is 4.80. The van der Waals surface area contributed by atoms with Crippen LogP contribution in [0.1, 0.15) is 30.7 Å². The van der Waals surface area contributed by atoms with Crippen LogP contribution in [0.3, 0.4) is 0 Å². The van der Waals surface area contributed by atoms with Crippen molar-refractivity contribution in [1.29, 1.82) is 0 Å². The second-order valence-corrected chi connectivity index (χ2v) is 6.68. The summed E-state index contributed by atoms with van der Waals surface area (Å²) in [6, 6.07) is 14.2. The lowest BCUT2D eigenvalue weighted by atomic mass is 9.98. The van der Waals surface area contributed by atoms with Crippen molar-refractivity contribution >= 4 is 11.6 Å². The lowest BCUT2D eigenvalue weighted by Gasteiger charge is -2.15. The Hall–Kier alpha value is -3.09. The number of hydrogen-bond donors (Lipinski definition) is 2. The maximum absolute atomic E-state index is 5.22. The van der Waals surface area contributed by atoms with Gasteiger partial charge in [0, 0.05) is 32.8 Å². The molecule has 2 heterocycles. The van der Waals surface area contributed by atoms with E-state index < -0.39 is 0 Å². The Bertz CT molecular complexity index is 903. The summed E-state index contributed by atoms with van der Waals surface area (Å²) >= 11 is 0. The van der Waals surface area contributed by atoms with Crippen LogP contribution < -0.4 is 15.4 Å². The first-order chi connectivity index (χ1) is 13.7. The topological polar surface area (TPSA) is 75.8 Å². The number of ether oxygens (including phenoxy) is 1. The molecule has 0 radical (unpaired) electrons. The van der Waals surface area contributed by atoms with Gasteiger partial charge in [0.15, 0.2) is 11.6 Å². The number of aliphatic imine (C=N–C) groups is 1. The fraction of sp³-hybridized carbons (Fsp3) is 0.381. The van der Waals surface area contributed by atoms with Crippen molar-refractivity contribution in [2.24, 2.45) is 4.99 Å². The van der Waals surface area contributed by atoms with Gasteiger partial charge in [0.25, 0.3) is 0 Å². The van der Waals surface area contributed by atoms with E-state index in [9.17, 15) is 0 Å². The molecule has 1 aromatic carbocycles.